The van der Waals surface area contributed by atoms with Gasteiger partial charge in [-0.15, -0.1) is 11.3 Å². The fourth-order valence-corrected chi connectivity index (χ4v) is 5.83. The van der Waals surface area contributed by atoms with E-state index in [1.807, 2.05) is 12.1 Å². The van der Waals surface area contributed by atoms with Crippen LogP contribution in [0.4, 0.5) is 5.00 Å². The zero-order valence-corrected chi connectivity index (χ0v) is 19.3. The lowest BCUT2D eigenvalue weighted by Gasteiger charge is -2.34. The summed E-state index contributed by atoms with van der Waals surface area (Å²) in [6.45, 7) is 6.92. The lowest BCUT2D eigenvalue weighted by Crippen LogP contribution is -2.38. The average molecular weight is 431 g/mol. The van der Waals surface area contributed by atoms with E-state index < -0.39 is 0 Å². The quantitative estimate of drug-likeness (QED) is 0.731. The molecule has 2 atom stereocenters. The highest BCUT2D eigenvalue weighted by atomic mass is 32.1. The van der Waals surface area contributed by atoms with Gasteiger partial charge in [0.15, 0.2) is 11.5 Å². The predicted octanol–water partition coefficient (Wildman–Crippen LogP) is 4.78. The van der Waals surface area contributed by atoms with E-state index in [1.165, 1.54) is 10.4 Å². The summed E-state index contributed by atoms with van der Waals surface area (Å²) >= 11 is 1.73. The summed E-state index contributed by atoms with van der Waals surface area (Å²) in [5.41, 5.74) is 3.17. The highest BCUT2D eigenvalue weighted by Gasteiger charge is 2.36. The van der Waals surface area contributed by atoms with Crippen LogP contribution in [0.1, 0.15) is 59.7 Å². The normalized spacial score (nSPS) is 20.5. The van der Waals surface area contributed by atoms with Crippen molar-refractivity contribution in [3.63, 3.8) is 0 Å². The Bertz CT molecular complexity index is 951. The third-order valence-corrected chi connectivity index (χ3v) is 7.47. The number of rotatable bonds is 4. The Morgan fingerprint density at radius 1 is 1.03 bits per heavy atom. The molecule has 0 bridgehead atoms. The molecule has 2 aliphatic rings. The van der Waals surface area contributed by atoms with E-state index >= 15 is 0 Å². The predicted molar refractivity (Wildman–Crippen MR) is 119 cm³/mol. The summed E-state index contributed by atoms with van der Waals surface area (Å²) < 4.78 is 16.4. The monoisotopic (exact) mass is 430 g/mol. The van der Waals surface area contributed by atoms with Gasteiger partial charge < -0.3 is 24.8 Å². The lowest BCUT2D eigenvalue weighted by molar-refractivity contribution is 0.0934. The van der Waals surface area contributed by atoms with Crippen molar-refractivity contribution in [2.45, 2.75) is 46.2 Å². The largest absolute Gasteiger partial charge is 0.493 e. The zero-order chi connectivity index (χ0) is 21.6. The van der Waals surface area contributed by atoms with Crippen LogP contribution in [0, 0.1) is 11.3 Å². The summed E-state index contributed by atoms with van der Waals surface area (Å²) in [5, 5.41) is 7.60. The van der Waals surface area contributed by atoms with E-state index in [0.29, 0.717) is 23.2 Å². The average Bonchev–Trinajstić information content (AvgIpc) is 3.09. The van der Waals surface area contributed by atoms with Crippen LogP contribution in [-0.2, 0) is 12.8 Å². The molecular formula is C23H30N2O4S. The topological polar surface area (TPSA) is 68.8 Å². The number of thiophene rings is 1. The van der Waals surface area contributed by atoms with Crippen molar-refractivity contribution in [1.29, 1.82) is 0 Å². The summed E-state index contributed by atoms with van der Waals surface area (Å²) in [7, 11) is 4.75. The zero-order valence-electron chi connectivity index (χ0n) is 18.5. The van der Waals surface area contributed by atoms with Gasteiger partial charge in [0, 0.05) is 10.4 Å². The smallest absolute Gasteiger partial charge is 0.256 e. The van der Waals surface area contributed by atoms with Gasteiger partial charge in [0.05, 0.1) is 26.9 Å². The molecule has 4 rings (SSSR count). The van der Waals surface area contributed by atoms with E-state index in [2.05, 4.69) is 31.4 Å². The molecule has 1 aromatic carbocycles. The van der Waals surface area contributed by atoms with Crippen molar-refractivity contribution in [2.75, 3.05) is 26.6 Å². The third kappa shape index (κ3) is 3.49. The van der Waals surface area contributed by atoms with Crippen LogP contribution in [0.5, 0.6) is 17.2 Å². The van der Waals surface area contributed by atoms with Gasteiger partial charge in [-0.2, -0.15) is 0 Å². The Morgan fingerprint density at radius 3 is 2.27 bits per heavy atom. The number of carbonyl (C=O) groups excluding carboxylic acids is 1. The van der Waals surface area contributed by atoms with Crippen LogP contribution in [0.3, 0.4) is 0 Å². The molecule has 1 aromatic heterocycles. The molecule has 2 unspecified atom stereocenters. The molecule has 1 aliphatic carbocycles. The fraction of sp³-hybridized carbons (Fsp3) is 0.522. The SMILES string of the molecule is COc1cc(C2NC(=O)c3c(sc4c3CCC(C(C)(C)C)C4)N2)cc(OC)c1OC. The molecule has 2 N–H and O–H groups in total. The molecular weight excluding hydrogens is 400 g/mol. The molecule has 0 saturated heterocycles. The van der Waals surface area contributed by atoms with Gasteiger partial charge in [-0.05, 0) is 48.3 Å². The molecule has 30 heavy (non-hydrogen) atoms. The number of fused-ring (bicyclic) bond motifs is 3. The van der Waals surface area contributed by atoms with Crippen molar-refractivity contribution in [3.8, 4) is 17.2 Å². The number of nitrogens with one attached hydrogen (secondary N) is 2. The Balaban J connectivity index is 1.67. The fourth-order valence-electron chi connectivity index (χ4n) is 4.47. The van der Waals surface area contributed by atoms with Gasteiger partial charge in [0.25, 0.3) is 5.91 Å². The number of carbonyl (C=O) groups is 1. The second kappa shape index (κ2) is 7.69. The minimum absolute atomic E-state index is 0.0192. The Labute approximate surface area is 181 Å². The van der Waals surface area contributed by atoms with Crippen LogP contribution in [0.15, 0.2) is 12.1 Å². The maximum Gasteiger partial charge on any atom is 0.256 e. The first-order valence-electron chi connectivity index (χ1n) is 10.3. The first-order chi connectivity index (χ1) is 14.3. The van der Waals surface area contributed by atoms with Gasteiger partial charge in [0.1, 0.15) is 11.2 Å². The van der Waals surface area contributed by atoms with Crippen molar-refractivity contribution < 1.29 is 19.0 Å². The Hall–Kier alpha value is -2.41. The highest BCUT2D eigenvalue weighted by Crippen LogP contribution is 2.47. The van der Waals surface area contributed by atoms with Crippen LogP contribution in [0.25, 0.3) is 0 Å². The summed E-state index contributed by atoms with van der Waals surface area (Å²) in [4.78, 5) is 14.4. The molecule has 7 heteroatoms. The number of hydrogen-bond acceptors (Lipinski definition) is 6. The van der Waals surface area contributed by atoms with E-state index in [0.717, 1.165) is 35.4 Å². The molecule has 0 spiro atoms. The Morgan fingerprint density at radius 2 is 1.70 bits per heavy atom. The maximum absolute atomic E-state index is 13.1. The van der Waals surface area contributed by atoms with Gasteiger partial charge in [-0.1, -0.05) is 20.8 Å². The standard InChI is InChI=1S/C23H30N2O4S/c1-23(2,3)13-7-8-14-17(11-13)30-22-18(14)21(26)24-20(25-22)12-9-15(27-4)19(29-6)16(10-12)28-5/h9-10,13,20,25H,7-8,11H2,1-6H3,(H,24,26). The van der Waals surface area contributed by atoms with Gasteiger partial charge in [-0.25, -0.2) is 0 Å². The highest BCUT2D eigenvalue weighted by molar-refractivity contribution is 7.16. The molecule has 2 heterocycles. The minimum atomic E-state index is -0.364. The number of amides is 1. The number of hydrogen-bond donors (Lipinski definition) is 2. The van der Waals surface area contributed by atoms with Gasteiger partial charge >= 0.3 is 0 Å². The number of ether oxygens (including phenoxy) is 3. The van der Waals surface area contributed by atoms with E-state index in [-0.39, 0.29) is 17.5 Å². The second-order valence-corrected chi connectivity index (χ2v) is 10.1. The van der Waals surface area contributed by atoms with Gasteiger partial charge in [-0.3, -0.25) is 4.79 Å². The third-order valence-electron chi connectivity index (χ3n) is 6.29. The van der Waals surface area contributed by atoms with Crippen molar-refractivity contribution in [1.82, 2.24) is 5.32 Å². The molecule has 1 amide bonds. The first kappa shape index (κ1) is 20.8. The second-order valence-electron chi connectivity index (χ2n) is 9.02. The van der Waals surface area contributed by atoms with Gasteiger partial charge in [0.2, 0.25) is 5.75 Å². The molecule has 0 radical (unpaired) electrons. The van der Waals surface area contributed by atoms with Crippen LogP contribution in [-0.4, -0.2) is 27.2 Å². The number of methoxy groups -OCH3 is 3. The van der Waals surface area contributed by atoms with Crippen LogP contribution >= 0.6 is 11.3 Å². The molecule has 1 aliphatic heterocycles. The minimum Gasteiger partial charge on any atom is -0.493 e. The van der Waals surface area contributed by atoms with E-state index in [1.54, 1.807) is 32.7 Å². The summed E-state index contributed by atoms with van der Waals surface area (Å²) in [6, 6.07) is 3.74. The number of anilines is 1. The van der Waals surface area contributed by atoms with E-state index in [4.69, 9.17) is 14.2 Å². The molecule has 0 fully saturated rings. The summed E-state index contributed by atoms with van der Waals surface area (Å²) in [6.07, 6.45) is 2.77. The lowest BCUT2D eigenvalue weighted by atomic mass is 9.72. The first-order valence-corrected chi connectivity index (χ1v) is 11.1. The summed E-state index contributed by atoms with van der Waals surface area (Å²) in [5.74, 6) is 2.28. The van der Waals surface area contributed by atoms with Crippen LogP contribution in [0.2, 0.25) is 0 Å². The molecule has 2 aromatic rings. The van der Waals surface area contributed by atoms with Crippen LogP contribution < -0.4 is 24.8 Å². The van der Waals surface area contributed by atoms with Crippen molar-refractivity contribution in [3.05, 3.63) is 33.7 Å². The van der Waals surface area contributed by atoms with Crippen molar-refractivity contribution >= 4 is 22.2 Å². The number of benzene rings is 1. The molecule has 6 nitrogen and oxygen atoms in total. The van der Waals surface area contributed by atoms with E-state index in [9.17, 15) is 4.79 Å². The Kier molecular flexibility index (Phi) is 5.34. The molecule has 0 saturated carbocycles. The van der Waals surface area contributed by atoms with Crippen molar-refractivity contribution in [2.24, 2.45) is 11.3 Å². The maximum atomic E-state index is 13.1. The molecule has 162 valence electrons.